The lowest BCUT2D eigenvalue weighted by atomic mass is 10.1. The Kier molecular flexibility index (Phi) is 3.09. The Morgan fingerprint density at radius 1 is 1.13 bits per heavy atom. The molecule has 0 saturated heterocycles. The lowest BCUT2D eigenvalue weighted by Crippen LogP contribution is -2.25. The molecule has 0 N–H and O–H groups in total. The molecule has 0 bridgehead atoms. The molecular formula is C18H12N2O2S. The first-order chi connectivity index (χ1) is 11.1. The van der Waals surface area contributed by atoms with E-state index in [1.165, 1.54) is 23.2 Å². The topological polar surface area (TPSA) is 50.3 Å². The normalized spacial score (nSPS) is 15.4. The highest BCUT2D eigenvalue weighted by molar-refractivity contribution is 7.19. The van der Waals surface area contributed by atoms with Crippen molar-refractivity contribution in [3.8, 4) is 0 Å². The van der Waals surface area contributed by atoms with Crippen molar-refractivity contribution in [3.05, 3.63) is 64.8 Å². The molecule has 0 unspecified atom stereocenters. The Morgan fingerprint density at radius 2 is 1.87 bits per heavy atom. The first kappa shape index (κ1) is 13.8. The molecule has 1 aromatic heterocycles. The molecule has 4 nitrogen and oxygen atoms in total. The SMILES string of the molecule is CC(=O)N1C(=Cc2nc3ccccc3s2)C(=O)c2ccccc21. The number of amides is 1. The number of carbonyl (C=O) groups excluding carboxylic acids is 2. The van der Waals surface area contributed by atoms with Gasteiger partial charge in [0.2, 0.25) is 11.7 Å². The van der Waals surface area contributed by atoms with Crippen molar-refractivity contribution in [2.45, 2.75) is 6.92 Å². The van der Waals surface area contributed by atoms with E-state index < -0.39 is 0 Å². The highest BCUT2D eigenvalue weighted by atomic mass is 32.1. The predicted octanol–water partition coefficient (Wildman–Crippen LogP) is 3.89. The zero-order valence-electron chi connectivity index (χ0n) is 12.3. The van der Waals surface area contributed by atoms with Crippen LogP contribution in [0.1, 0.15) is 22.3 Å². The molecule has 23 heavy (non-hydrogen) atoms. The van der Waals surface area contributed by atoms with E-state index in [4.69, 9.17) is 0 Å². The minimum atomic E-state index is -0.185. The number of thiazole rings is 1. The second-order valence-electron chi connectivity index (χ2n) is 5.25. The Hall–Kier alpha value is -2.79. The molecule has 0 saturated carbocycles. The van der Waals surface area contributed by atoms with Crippen molar-refractivity contribution in [3.63, 3.8) is 0 Å². The second kappa shape index (κ2) is 5.14. The number of carbonyl (C=O) groups is 2. The zero-order chi connectivity index (χ0) is 16.0. The number of rotatable bonds is 1. The average molecular weight is 320 g/mol. The van der Waals surface area contributed by atoms with Gasteiger partial charge in [0.05, 0.1) is 21.6 Å². The van der Waals surface area contributed by atoms with Crippen molar-refractivity contribution in [1.82, 2.24) is 4.98 Å². The summed E-state index contributed by atoms with van der Waals surface area (Å²) in [7, 11) is 0. The van der Waals surface area contributed by atoms with Crippen molar-refractivity contribution >= 4 is 45.0 Å². The number of fused-ring (bicyclic) bond motifs is 2. The summed E-state index contributed by atoms with van der Waals surface area (Å²) in [5.41, 5.74) is 2.44. The number of anilines is 1. The van der Waals surface area contributed by atoms with Gasteiger partial charge in [-0.05, 0) is 24.3 Å². The van der Waals surface area contributed by atoms with Crippen LogP contribution in [-0.4, -0.2) is 16.7 Å². The minimum Gasteiger partial charge on any atom is -0.287 e. The van der Waals surface area contributed by atoms with Crippen LogP contribution in [0.5, 0.6) is 0 Å². The number of hydrogen-bond acceptors (Lipinski definition) is 4. The van der Waals surface area contributed by atoms with E-state index in [2.05, 4.69) is 4.98 Å². The van der Waals surface area contributed by atoms with E-state index in [-0.39, 0.29) is 11.7 Å². The van der Waals surface area contributed by atoms with Crippen molar-refractivity contribution in [2.24, 2.45) is 0 Å². The number of nitrogens with zero attached hydrogens (tertiary/aromatic N) is 2. The summed E-state index contributed by atoms with van der Waals surface area (Å²) < 4.78 is 1.05. The van der Waals surface area contributed by atoms with Crippen LogP contribution in [0.4, 0.5) is 5.69 Å². The standard InChI is InChI=1S/C18H12N2O2S/c1-11(21)20-14-8-4-2-6-12(14)18(22)15(20)10-17-19-13-7-3-5-9-16(13)23-17/h2-10H,1H3. The molecule has 1 aliphatic heterocycles. The second-order valence-corrected chi connectivity index (χ2v) is 6.31. The molecule has 2 heterocycles. The molecule has 5 heteroatoms. The van der Waals surface area contributed by atoms with Gasteiger partial charge in [-0.3, -0.25) is 14.5 Å². The van der Waals surface area contributed by atoms with E-state index in [1.807, 2.05) is 30.3 Å². The molecular weight excluding hydrogens is 308 g/mol. The number of para-hydroxylation sites is 2. The Labute approximate surface area is 136 Å². The third-order valence-corrected chi connectivity index (χ3v) is 4.73. The summed E-state index contributed by atoms with van der Waals surface area (Å²) >= 11 is 1.50. The molecule has 112 valence electrons. The average Bonchev–Trinajstić information content (AvgIpc) is 3.07. The van der Waals surface area contributed by atoms with Crippen molar-refractivity contribution in [2.75, 3.05) is 4.90 Å². The monoisotopic (exact) mass is 320 g/mol. The number of allylic oxidation sites excluding steroid dienone is 1. The molecule has 4 rings (SSSR count). The number of hydrogen-bond donors (Lipinski definition) is 0. The van der Waals surface area contributed by atoms with Crippen molar-refractivity contribution in [1.29, 1.82) is 0 Å². The summed E-state index contributed by atoms with van der Waals surface area (Å²) in [5.74, 6) is -0.328. The zero-order valence-corrected chi connectivity index (χ0v) is 13.1. The number of benzene rings is 2. The van der Waals surface area contributed by atoms with E-state index in [0.29, 0.717) is 22.0 Å². The van der Waals surface area contributed by atoms with Gasteiger partial charge in [0.1, 0.15) is 5.01 Å². The maximum Gasteiger partial charge on any atom is 0.228 e. The first-order valence-corrected chi connectivity index (χ1v) is 7.98. The minimum absolute atomic E-state index is 0.143. The fourth-order valence-electron chi connectivity index (χ4n) is 2.77. The van der Waals surface area contributed by atoms with Gasteiger partial charge in [0.15, 0.2) is 0 Å². The van der Waals surface area contributed by atoms with Gasteiger partial charge >= 0.3 is 0 Å². The fraction of sp³-hybridized carbons (Fsp3) is 0.0556. The lowest BCUT2D eigenvalue weighted by molar-refractivity contribution is -0.116. The van der Waals surface area contributed by atoms with E-state index in [9.17, 15) is 9.59 Å². The molecule has 3 aromatic rings. The van der Waals surface area contributed by atoms with Crippen LogP contribution in [0.15, 0.2) is 54.2 Å². The van der Waals surface area contributed by atoms with Gasteiger partial charge in [-0.15, -0.1) is 11.3 Å². The number of Topliss-reactive ketones (excluding diaryl/α,β-unsaturated/α-hetero) is 1. The molecule has 2 aromatic carbocycles. The van der Waals surface area contributed by atoms with Gasteiger partial charge in [0.25, 0.3) is 0 Å². The van der Waals surface area contributed by atoms with Crippen LogP contribution < -0.4 is 4.90 Å². The fourth-order valence-corrected chi connectivity index (χ4v) is 3.67. The lowest BCUT2D eigenvalue weighted by Gasteiger charge is -2.15. The highest BCUT2D eigenvalue weighted by Gasteiger charge is 2.34. The molecule has 0 fully saturated rings. The van der Waals surface area contributed by atoms with Gasteiger partial charge in [-0.2, -0.15) is 0 Å². The van der Waals surface area contributed by atoms with E-state index >= 15 is 0 Å². The largest absolute Gasteiger partial charge is 0.287 e. The third kappa shape index (κ3) is 2.17. The summed E-state index contributed by atoms with van der Waals surface area (Å²) in [6, 6.07) is 15.0. The first-order valence-electron chi connectivity index (χ1n) is 7.17. The highest BCUT2D eigenvalue weighted by Crippen LogP contribution is 2.36. The van der Waals surface area contributed by atoms with Crippen LogP contribution in [0.25, 0.3) is 16.3 Å². The van der Waals surface area contributed by atoms with Crippen LogP contribution in [0.3, 0.4) is 0 Å². The summed E-state index contributed by atoms with van der Waals surface area (Å²) in [5, 5.41) is 0.716. The van der Waals surface area contributed by atoms with E-state index in [1.54, 1.807) is 24.3 Å². The number of aromatic nitrogens is 1. The predicted molar refractivity (Wildman–Crippen MR) is 91.5 cm³/mol. The maximum atomic E-state index is 12.6. The summed E-state index contributed by atoms with van der Waals surface area (Å²) in [6.45, 7) is 1.46. The summed E-state index contributed by atoms with van der Waals surface area (Å²) in [4.78, 5) is 30.7. The molecule has 0 aliphatic carbocycles. The maximum absolute atomic E-state index is 12.6. The van der Waals surface area contributed by atoms with Gasteiger partial charge in [0, 0.05) is 18.6 Å². The van der Waals surface area contributed by atoms with Crippen LogP contribution in [0, 0.1) is 0 Å². The van der Waals surface area contributed by atoms with Gasteiger partial charge in [-0.1, -0.05) is 24.3 Å². The third-order valence-electron chi connectivity index (χ3n) is 3.75. The van der Waals surface area contributed by atoms with Crippen molar-refractivity contribution < 1.29 is 9.59 Å². The van der Waals surface area contributed by atoms with Crippen LogP contribution in [-0.2, 0) is 4.79 Å². The van der Waals surface area contributed by atoms with Gasteiger partial charge in [-0.25, -0.2) is 4.98 Å². The van der Waals surface area contributed by atoms with Crippen LogP contribution in [0.2, 0.25) is 0 Å². The quantitative estimate of drug-likeness (QED) is 0.639. The van der Waals surface area contributed by atoms with Crippen LogP contribution >= 0.6 is 11.3 Å². The Bertz CT molecular complexity index is 954. The molecule has 0 spiro atoms. The molecule has 0 atom stereocenters. The summed E-state index contributed by atoms with van der Waals surface area (Å²) in [6.07, 6.45) is 1.70. The van der Waals surface area contributed by atoms with Gasteiger partial charge < -0.3 is 0 Å². The Balaban J connectivity index is 1.87. The molecule has 1 aliphatic rings. The van der Waals surface area contributed by atoms with E-state index in [0.717, 1.165) is 10.2 Å². The smallest absolute Gasteiger partial charge is 0.228 e. The number of ketones is 1. The molecule has 0 radical (unpaired) electrons. The molecule has 1 amide bonds. The Morgan fingerprint density at radius 3 is 2.65 bits per heavy atom.